The second-order valence-corrected chi connectivity index (χ2v) is 4.12. The molecule has 0 bridgehead atoms. The van der Waals surface area contributed by atoms with Crippen molar-refractivity contribution in [1.29, 1.82) is 0 Å². The molecule has 0 amide bonds. The molecule has 4 nitrogen and oxygen atoms in total. The van der Waals surface area contributed by atoms with Crippen LogP contribution in [0.1, 0.15) is 24.8 Å². The number of benzene rings is 1. The van der Waals surface area contributed by atoms with E-state index in [9.17, 15) is 4.79 Å². The van der Waals surface area contributed by atoms with Gasteiger partial charge in [0, 0.05) is 18.4 Å². The van der Waals surface area contributed by atoms with E-state index >= 15 is 0 Å². The van der Waals surface area contributed by atoms with Crippen LogP contribution < -0.4 is 9.47 Å². The number of para-hydroxylation sites is 1. The minimum absolute atomic E-state index is 0.00810. The number of ether oxygens (including phenoxy) is 2. The third-order valence-corrected chi connectivity index (χ3v) is 2.99. The van der Waals surface area contributed by atoms with Gasteiger partial charge in [0.1, 0.15) is 6.11 Å². The van der Waals surface area contributed by atoms with Crippen LogP contribution >= 0.6 is 0 Å². The Morgan fingerprint density at radius 2 is 2.28 bits per heavy atom. The summed E-state index contributed by atoms with van der Waals surface area (Å²) in [4.78, 5) is 10.9. The highest BCUT2D eigenvalue weighted by molar-refractivity contribution is 5.76. The third-order valence-electron chi connectivity index (χ3n) is 2.99. The van der Waals surface area contributed by atoms with Crippen molar-refractivity contribution in [2.45, 2.75) is 19.3 Å². The molecule has 0 saturated heterocycles. The van der Waals surface area contributed by atoms with Crippen LogP contribution in [0.2, 0.25) is 0 Å². The molecule has 94 valence electrons. The molecular formula is C14H14O4. The predicted molar refractivity (Wildman–Crippen MR) is 65.6 cm³/mol. The van der Waals surface area contributed by atoms with Gasteiger partial charge in [-0.25, -0.2) is 0 Å². The summed E-state index contributed by atoms with van der Waals surface area (Å²) in [6.45, 7) is 1.67. The Hall–Kier alpha value is -2.15. The van der Waals surface area contributed by atoms with E-state index in [0.29, 0.717) is 17.9 Å². The summed E-state index contributed by atoms with van der Waals surface area (Å²) in [6.07, 6.45) is 3.17. The lowest BCUT2D eigenvalue weighted by Crippen LogP contribution is -2.01. The van der Waals surface area contributed by atoms with E-state index < -0.39 is 5.97 Å². The van der Waals surface area contributed by atoms with Gasteiger partial charge in [-0.15, -0.1) is 0 Å². The SMILES string of the molecule is CC#COc1c(OC)cccc1C1CC1C(=O)O. The smallest absolute Gasteiger partial charge is 0.307 e. The molecular weight excluding hydrogens is 232 g/mol. The highest BCUT2D eigenvalue weighted by atomic mass is 16.5. The molecule has 2 atom stereocenters. The largest absolute Gasteiger partial charge is 0.493 e. The second-order valence-electron chi connectivity index (χ2n) is 4.12. The molecule has 1 saturated carbocycles. The van der Waals surface area contributed by atoms with E-state index in [2.05, 4.69) is 12.0 Å². The van der Waals surface area contributed by atoms with Gasteiger partial charge in [-0.05, 0) is 12.5 Å². The molecule has 0 aliphatic heterocycles. The summed E-state index contributed by atoms with van der Waals surface area (Å²) in [6, 6.07) is 5.47. The summed E-state index contributed by atoms with van der Waals surface area (Å²) in [5, 5.41) is 8.98. The lowest BCUT2D eigenvalue weighted by atomic mass is 10.1. The Kier molecular flexibility index (Phi) is 3.42. The molecule has 2 unspecified atom stereocenters. The van der Waals surface area contributed by atoms with Crippen molar-refractivity contribution in [2.75, 3.05) is 7.11 Å². The Morgan fingerprint density at radius 1 is 1.50 bits per heavy atom. The van der Waals surface area contributed by atoms with Crippen LogP contribution in [0, 0.1) is 17.9 Å². The van der Waals surface area contributed by atoms with Crippen LogP contribution in [0.25, 0.3) is 0 Å². The molecule has 1 fully saturated rings. The maximum absolute atomic E-state index is 10.9. The topological polar surface area (TPSA) is 55.8 Å². The number of carboxylic acid groups (broad SMARTS) is 1. The fourth-order valence-electron chi connectivity index (χ4n) is 2.01. The van der Waals surface area contributed by atoms with Gasteiger partial charge in [-0.3, -0.25) is 4.79 Å². The standard InChI is InChI=1S/C14H14O4/c1-3-7-18-13-9(5-4-6-12(13)17-2)10-8-11(10)14(15)16/h4-6,10-11H,8H2,1-2H3,(H,15,16). The fourth-order valence-corrected chi connectivity index (χ4v) is 2.01. The predicted octanol–water partition coefficient (Wildman–Crippen LogP) is 2.24. The van der Waals surface area contributed by atoms with Gasteiger partial charge < -0.3 is 14.6 Å². The van der Waals surface area contributed by atoms with Gasteiger partial charge in [0.15, 0.2) is 11.5 Å². The zero-order chi connectivity index (χ0) is 13.1. The summed E-state index contributed by atoms with van der Waals surface area (Å²) in [7, 11) is 1.55. The summed E-state index contributed by atoms with van der Waals surface area (Å²) in [5.74, 6) is 2.65. The minimum atomic E-state index is -0.768. The average Bonchev–Trinajstić information content (AvgIpc) is 3.16. The molecule has 1 aromatic rings. The van der Waals surface area contributed by atoms with Crippen molar-refractivity contribution in [3.05, 3.63) is 23.8 Å². The highest BCUT2D eigenvalue weighted by Crippen LogP contribution is 2.52. The van der Waals surface area contributed by atoms with Crippen LogP contribution in [0.5, 0.6) is 11.5 Å². The highest BCUT2D eigenvalue weighted by Gasteiger charge is 2.46. The monoisotopic (exact) mass is 246 g/mol. The van der Waals surface area contributed by atoms with Crippen LogP contribution in [0.15, 0.2) is 18.2 Å². The minimum Gasteiger partial charge on any atom is -0.493 e. The number of rotatable bonds is 4. The second kappa shape index (κ2) is 5.01. The molecule has 0 aromatic heterocycles. The van der Waals surface area contributed by atoms with Crippen LogP contribution in [-0.2, 0) is 4.79 Å². The van der Waals surface area contributed by atoms with Crippen LogP contribution in [-0.4, -0.2) is 18.2 Å². The molecule has 1 aliphatic carbocycles. The molecule has 2 rings (SSSR count). The van der Waals surface area contributed by atoms with Gasteiger partial charge in [0.2, 0.25) is 0 Å². The van der Waals surface area contributed by atoms with Crippen LogP contribution in [0.4, 0.5) is 0 Å². The quantitative estimate of drug-likeness (QED) is 0.828. The number of hydrogen-bond donors (Lipinski definition) is 1. The van der Waals surface area contributed by atoms with Crippen molar-refractivity contribution >= 4 is 5.97 Å². The molecule has 1 N–H and O–H groups in total. The van der Waals surface area contributed by atoms with E-state index in [-0.39, 0.29) is 11.8 Å². The summed E-state index contributed by atoms with van der Waals surface area (Å²) < 4.78 is 10.6. The number of hydrogen-bond acceptors (Lipinski definition) is 3. The molecule has 1 aromatic carbocycles. The fraction of sp³-hybridized carbons (Fsp3) is 0.357. The number of methoxy groups -OCH3 is 1. The van der Waals surface area contributed by atoms with E-state index in [1.54, 1.807) is 20.1 Å². The molecule has 0 spiro atoms. The number of carboxylic acids is 1. The first-order chi connectivity index (χ1) is 8.69. The van der Waals surface area contributed by atoms with Crippen molar-refractivity contribution < 1.29 is 19.4 Å². The molecule has 18 heavy (non-hydrogen) atoms. The first-order valence-electron chi connectivity index (χ1n) is 5.67. The maximum atomic E-state index is 10.9. The molecule has 0 radical (unpaired) electrons. The van der Waals surface area contributed by atoms with E-state index in [4.69, 9.17) is 14.6 Å². The van der Waals surface area contributed by atoms with Gasteiger partial charge in [-0.1, -0.05) is 18.1 Å². The summed E-state index contributed by atoms with van der Waals surface area (Å²) in [5.41, 5.74) is 0.851. The molecule has 4 heteroatoms. The zero-order valence-corrected chi connectivity index (χ0v) is 10.3. The molecule has 1 aliphatic rings. The van der Waals surface area contributed by atoms with Gasteiger partial charge in [-0.2, -0.15) is 0 Å². The van der Waals surface area contributed by atoms with Crippen molar-refractivity contribution in [3.63, 3.8) is 0 Å². The van der Waals surface area contributed by atoms with E-state index in [1.807, 2.05) is 12.1 Å². The van der Waals surface area contributed by atoms with E-state index in [0.717, 1.165) is 5.56 Å². The Balaban J connectivity index is 2.34. The lowest BCUT2D eigenvalue weighted by Gasteiger charge is -2.10. The molecule has 0 heterocycles. The third kappa shape index (κ3) is 2.25. The number of aliphatic carboxylic acids is 1. The van der Waals surface area contributed by atoms with Crippen molar-refractivity contribution in [1.82, 2.24) is 0 Å². The first kappa shape index (κ1) is 12.3. The first-order valence-corrected chi connectivity index (χ1v) is 5.67. The van der Waals surface area contributed by atoms with Crippen LogP contribution in [0.3, 0.4) is 0 Å². The average molecular weight is 246 g/mol. The van der Waals surface area contributed by atoms with Crippen molar-refractivity contribution in [2.24, 2.45) is 5.92 Å². The van der Waals surface area contributed by atoms with Gasteiger partial charge >= 0.3 is 5.97 Å². The normalized spacial score (nSPS) is 20.6. The Bertz CT molecular complexity index is 524. The summed E-state index contributed by atoms with van der Waals surface area (Å²) >= 11 is 0. The van der Waals surface area contributed by atoms with Crippen molar-refractivity contribution in [3.8, 4) is 23.5 Å². The van der Waals surface area contributed by atoms with Gasteiger partial charge in [0.05, 0.1) is 13.0 Å². The van der Waals surface area contributed by atoms with Gasteiger partial charge in [0.25, 0.3) is 0 Å². The van der Waals surface area contributed by atoms with E-state index in [1.165, 1.54) is 0 Å². The number of carbonyl (C=O) groups is 1. The Labute approximate surface area is 106 Å². The zero-order valence-electron chi connectivity index (χ0n) is 10.3. The lowest BCUT2D eigenvalue weighted by molar-refractivity contribution is -0.138. The maximum Gasteiger partial charge on any atom is 0.307 e. The Morgan fingerprint density at radius 3 is 2.83 bits per heavy atom.